The molecule has 2 aromatic carbocycles. The average molecular weight is 420 g/mol. The zero-order chi connectivity index (χ0) is 21.6. The number of halogens is 1. The van der Waals surface area contributed by atoms with Gasteiger partial charge in [-0.3, -0.25) is 4.79 Å². The summed E-state index contributed by atoms with van der Waals surface area (Å²) in [6.45, 7) is 7.79. The van der Waals surface area contributed by atoms with Gasteiger partial charge in [0.15, 0.2) is 6.10 Å². The van der Waals surface area contributed by atoms with Crippen molar-refractivity contribution in [3.63, 3.8) is 0 Å². The normalized spacial score (nSPS) is 11.7. The van der Waals surface area contributed by atoms with Crippen LogP contribution in [0.25, 0.3) is 0 Å². The first kappa shape index (κ1) is 22.6. The molecule has 0 saturated heterocycles. The number of nitrogens with one attached hydrogen (secondary N) is 1. The molecule has 1 N–H and O–H groups in total. The van der Waals surface area contributed by atoms with Crippen LogP contribution in [0.2, 0.25) is 5.02 Å². The number of benzene rings is 2. The minimum absolute atomic E-state index is 0.187. The Kier molecular flexibility index (Phi) is 7.91. The van der Waals surface area contributed by atoms with E-state index in [-0.39, 0.29) is 28.8 Å². The summed E-state index contributed by atoms with van der Waals surface area (Å²) in [5.41, 5.74) is 1.69. The highest BCUT2D eigenvalue weighted by molar-refractivity contribution is 6.34. The smallest absolute Gasteiger partial charge is 0.341 e. The largest absolute Gasteiger partial charge is 0.496 e. The number of hydrogen-bond donors (Lipinski definition) is 1. The van der Waals surface area contributed by atoms with Crippen molar-refractivity contribution in [3.8, 4) is 11.5 Å². The Balaban J connectivity index is 2.11. The van der Waals surface area contributed by atoms with Gasteiger partial charge in [0.25, 0.3) is 5.91 Å². The standard InChI is InChI=1S/C22H26ClNO5/c1-6-28-22(26)17-11-18(23)19(12-20(17)27-5)24-21(25)14(4)29-16-9-7-15(8-10-16)13(2)3/h7-14H,6H2,1-5H3,(H,24,25). The first-order chi connectivity index (χ1) is 13.8. The Morgan fingerprint density at radius 1 is 1.10 bits per heavy atom. The van der Waals surface area contributed by atoms with Crippen LogP contribution in [0.3, 0.4) is 0 Å². The Morgan fingerprint density at radius 2 is 1.76 bits per heavy atom. The Hall–Kier alpha value is -2.73. The van der Waals surface area contributed by atoms with Crippen molar-refractivity contribution in [3.05, 3.63) is 52.5 Å². The molecule has 2 aromatic rings. The van der Waals surface area contributed by atoms with Crippen LogP contribution in [0.4, 0.5) is 5.69 Å². The first-order valence-corrected chi connectivity index (χ1v) is 9.76. The fourth-order valence-corrected chi connectivity index (χ4v) is 2.82. The van der Waals surface area contributed by atoms with E-state index in [9.17, 15) is 9.59 Å². The molecular weight excluding hydrogens is 394 g/mol. The number of ether oxygens (including phenoxy) is 3. The van der Waals surface area contributed by atoms with Crippen LogP contribution in [0.1, 0.15) is 49.5 Å². The van der Waals surface area contributed by atoms with E-state index in [4.69, 9.17) is 25.8 Å². The maximum Gasteiger partial charge on any atom is 0.341 e. The van der Waals surface area contributed by atoms with Gasteiger partial charge < -0.3 is 19.5 Å². The molecule has 0 bridgehead atoms. The summed E-state index contributed by atoms with van der Waals surface area (Å²) in [4.78, 5) is 24.6. The van der Waals surface area contributed by atoms with Crippen molar-refractivity contribution in [1.82, 2.24) is 0 Å². The topological polar surface area (TPSA) is 73.9 Å². The lowest BCUT2D eigenvalue weighted by molar-refractivity contribution is -0.122. The summed E-state index contributed by atoms with van der Waals surface area (Å²) in [5, 5.41) is 2.90. The second-order valence-corrected chi connectivity index (χ2v) is 7.13. The van der Waals surface area contributed by atoms with Gasteiger partial charge in [-0.15, -0.1) is 0 Å². The van der Waals surface area contributed by atoms with Gasteiger partial charge in [-0.05, 0) is 43.5 Å². The molecule has 7 heteroatoms. The lowest BCUT2D eigenvalue weighted by Crippen LogP contribution is -2.30. The van der Waals surface area contributed by atoms with E-state index in [1.165, 1.54) is 24.8 Å². The van der Waals surface area contributed by atoms with E-state index in [2.05, 4.69) is 19.2 Å². The van der Waals surface area contributed by atoms with Gasteiger partial charge in [0, 0.05) is 6.07 Å². The molecule has 1 atom stereocenters. The highest BCUT2D eigenvalue weighted by Gasteiger charge is 2.20. The number of amides is 1. The molecule has 0 aliphatic carbocycles. The molecule has 0 radical (unpaired) electrons. The number of esters is 1. The van der Waals surface area contributed by atoms with Crippen LogP contribution in [0.5, 0.6) is 11.5 Å². The van der Waals surface area contributed by atoms with Gasteiger partial charge >= 0.3 is 5.97 Å². The van der Waals surface area contributed by atoms with Crippen LogP contribution in [-0.2, 0) is 9.53 Å². The molecule has 0 heterocycles. The fourth-order valence-electron chi connectivity index (χ4n) is 2.61. The van der Waals surface area contributed by atoms with E-state index in [1.807, 2.05) is 24.3 Å². The van der Waals surface area contributed by atoms with Crippen LogP contribution >= 0.6 is 11.6 Å². The first-order valence-electron chi connectivity index (χ1n) is 9.38. The molecule has 29 heavy (non-hydrogen) atoms. The van der Waals surface area contributed by atoms with E-state index in [1.54, 1.807) is 13.8 Å². The van der Waals surface area contributed by atoms with E-state index >= 15 is 0 Å². The number of hydrogen-bond acceptors (Lipinski definition) is 5. The van der Waals surface area contributed by atoms with Gasteiger partial charge in [-0.2, -0.15) is 0 Å². The third-order valence-corrected chi connectivity index (χ3v) is 4.58. The van der Waals surface area contributed by atoms with Crippen molar-refractivity contribution >= 4 is 29.2 Å². The van der Waals surface area contributed by atoms with Crippen molar-refractivity contribution in [1.29, 1.82) is 0 Å². The Morgan fingerprint density at radius 3 is 2.31 bits per heavy atom. The monoisotopic (exact) mass is 419 g/mol. The van der Waals surface area contributed by atoms with Crippen LogP contribution in [0, 0.1) is 0 Å². The van der Waals surface area contributed by atoms with Crippen LogP contribution in [0.15, 0.2) is 36.4 Å². The molecule has 1 unspecified atom stereocenters. The molecule has 0 fully saturated rings. The van der Waals surface area contributed by atoms with E-state index < -0.39 is 12.1 Å². The maximum absolute atomic E-state index is 12.5. The molecule has 1 amide bonds. The zero-order valence-electron chi connectivity index (χ0n) is 17.2. The molecule has 0 aliphatic rings. The third-order valence-electron chi connectivity index (χ3n) is 4.27. The van der Waals surface area contributed by atoms with Crippen LogP contribution < -0.4 is 14.8 Å². The second kappa shape index (κ2) is 10.2. The summed E-state index contributed by atoms with van der Waals surface area (Å²) < 4.78 is 15.9. The molecule has 0 aliphatic heterocycles. The molecule has 0 aromatic heterocycles. The Bertz CT molecular complexity index is 864. The predicted molar refractivity (Wildman–Crippen MR) is 113 cm³/mol. The van der Waals surface area contributed by atoms with Gasteiger partial charge in [0.05, 0.1) is 24.4 Å². The van der Waals surface area contributed by atoms with Crippen molar-refractivity contribution in [2.24, 2.45) is 0 Å². The van der Waals surface area contributed by atoms with Crippen LogP contribution in [-0.4, -0.2) is 31.7 Å². The Labute approximate surface area is 176 Å². The second-order valence-electron chi connectivity index (χ2n) is 6.73. The fraction of sp³-hybridized carbons (Fsp3) is 0.364. The van der Waals surface area contributed by atoms with Crippen molar-refractivity contribution < 1.29 is 23.8 Å². The molecule has 0 spiro atoms. The van der Waals surface area contributed by atoms with Gasteiger partial charge in [-0.25, -0.2) is 4.79 Å². The number of anilines is 1. The molecule has 6 nitrogen and oxygen atoms in total. The quantitative estimate of drug-likeness (QED) is 0.605. The maximum atomic E-state index is 12.5. The molecule has 156 valence electrons. The van der Waals surface area contributed by atoms with Crippen molar-refractivity contribution in [2.75, 3.05) is 19.0 Å². The number of carbonyl (C=O) groups excluding carboxylic acids is 2. The highest BCUT2D eigenvalue weighted by atomic mass is 35.5. The zero-order valence-corrected chi connectivity index (χ0v) is 18.0. The van der Waals surface area contributed by atoms with Crippen molar-refractivity contribution in [2.45, 2.75) is 39.7 Å². The number of carbonyl (C=O) groups is 2. The minimum Gasteiger partial charge on any atom is -0.496 e. The lowest BCUT2D eigenvalue weighted by atomic mass is 10.0. The average Bonchev–Trinajstić information content (AvgIpc) is 2.69. The summed E-state index contributed by atoms with van der Waals surface area (Å²) in [5.74, 6) is 0.329. The predicted octanol–water partition coefficient (Wildman–Crippen LogP) is 5.05. The van der Waals surface area contributed by atoms with Gasteiger partial charge in [-0.1, -0.05) is 37.6 Å². The van der Waals surface area contributed by atoms with Gasteiger partial charge in [0.2, 0.25) is 0 Å². The highest BCUT2D eigenvalue weighted by Crippen LogP contribution is 2.32. The summed E-state index contributed by atoms with van der Waals surface area (Å²) in [7, 11) is 1.42. The third kappa shape index (κ3) is 5.87. The lowest BCUT2D eigenvalue weighted by Gasteiger charge is -2.17. The molecule has 2 rings (SSSR count). The summed E-state index contributed by atoms with van der Waals surface area (Å²) in [6.07, 6.45) is -0.758. The van der Waals surface area contributed by atoms with E-state index in [0.29, 0.717) is 17.4 Å². The SMILES string of the molecule is CCOC(=O)c1cc(Cl)c(NC(=O)C(C)Oc2ccc(C(C)C)cc2)cc1OC. The number of methoxy groups -OCH3 is 1. The molecular formula is C22H26ClNO5. The number of rotatable bonds is 8. The minimum atomic E-state index is -0.758. The van der Waals surface area contributed by atoms with Gasteiger partial charge in [0.1, 0.15) is 17.1 Å². The summed E-state index contributed by atoms with van der Waals surface area (Å²) >= 11 is 6.24. The van der Waals surface area contributed by atoms with E-state index in [0.717, 1.165) is 0 Å². The summed E-state index contributed by atoms with van der Waals surface area (Å²) in [6, 6.07) is 10.5. The molecule has 0 saturated carbocycles.